The fourth-order valence-corrected chi connectivity index (χ4v) is 5.51. The standard InChI is InChI=1S/C33H32ClN5O5/c1-22(23-8-4-3-5-9-23)35-33(41)27-20-24(36-32(40)26-14-13-25(39(42)43)21-28(26)34)12-15-29(27)37-16-18-38(19-17-37)30-10-6-7-11-31(30)44-2/h3-15,20-22H,16-19H2,1-2H3,(H,35,41)(H,36,40). The number of nitrogens with zero attached hydrogens (tertiary/aromatic N) is 3. The number of anilines is 3. The third kappa shape index (κ3) is 6.76. The summed E-state index contributed by atoms with van der Waals surface area (Å²) in [5, 5.41) is 16.9. The second-order valence-corrected chi connectivity index (χ2v) is 10.8. The Morgan fingerprint density at radius 2 is 1.50 bits per heavy atom. The number of methoxy groups -OCH3 is 1. The van der Waals surface area contributed by atoms with Crippen molar-refractivity contribution >= 4 is 46.2 Å². The van der Waals surface area contributed by atoms with Crippen LogP contribution in [0.4, 0.5) is 22.7 Å². The molecule has 4 aromatic carbocycles. The van der Waals surface area contributed by atoms with E-state index in [2.05, 4.69) is 20.4 Å². The summed E-state index contributed by atoms with van der Waals surface area (Å²) >= 11 is 6.19. The maximum Gasteiger partial charge on any atom is 0.270 e. The van der Waals surface area contributed by atoms with Gasteiger partial charge in [-0.25, -0.2) is 0 Å². The topological polar surface area (TPSA) is 117 Å². The molecule has 11 heteroatoms. The van der Waals surface area contributed by atoms with Gasteiger partial charge in [0.25, 0.3) is 17.5 Å². The van der Waals surface area contributed by atoms with Gasteiger partial charge in [-0.15, -0.1) is 0 Å². The molecule has 44 heavy (non-hydrogen) atoms. The smallest absolute Gasteiger partial charge is 0.270 e. The lowest BCUT2D eigenvalue weighted by molar-refractivity contribution is -0.384. The quantitative estimate of drug-likeness (QED) is 0.167. The van der Waals surface area contributed by atoms with Crippen LogP contribution in [0.2, 0.25) is 5.02 Å². The number of para-hydroxylation sites is 2. The summed E-state index contributed by atoms with van der Waals surface area (Å²) in [5.74, 6) is -0.0239. The minimum absolute atomic E-state index is 0.0455. The first-order valence-corrected chi connectivity index (χ1v) is 14.5. The summed E-state index contributed by atoms with van der Waals surface area (Å²) in [7, 11) is 1.66. The summed E-state index contributed by atoms with van der Waals surface area (Å²) in [4.78, 5) is 41.8. The third-order valence-electron chi connectivity index (χ3n) is 7.60. The minimum atomic E-state index is -0.580. The number of nitro groups is 1. The molecule has 1 heterocycles. The number of nitro benzene ring substituents is 1. The first kappa shape index (κ1) is 30.4. The average molecular weight is 614 g/mol. The van der Waals surface area contributed by atoms with E-state index < -0.39 is 10.8 Å². The number of piperazine rings is 1. The molecule has 0 aromatic heterocycles. The molecule has 10 nitrogen and oxygen atoms in total. The highest BCUT2D eigenvalue weighted by Gasteiger charge is 2.25. The molecule has 0 radical (unpaired) electrons. The largest absolute Gasteiger partial charge is 0.495 e. The predicted molar refractivity (Wildman–Crippen MR) is 172 cm³/mol. The van der Waals surface area contributed by atoms with Gasteiger partial charge in [0.1, 0.15) is 5.75 Å². The van der Waals surface area contributed by atoms with Crippen molar-refractivity contribution < 1.29 is 19.2 Å². The number of hydrogen-bond acceptors (Lipinski definition) is 7. The van der Waals surface area contributed by atoms with E-state index in [0.29, 0.717) is 24.3 Å². The van der Waals surface area contributed by atoms with Crippen LogP contribution < -0.4 is 25.2 Å². The molecule has 1 aliphatic rings. The van der Waals surface area contributed by atoms with E-state index in [0.717, 1.165) is 41.8 Å². The van der Waals surface area contributed by atoms with Gasteiger partial charge >= 0.3 is 0 Å². The van der Waals surface area contributed by atoms with Crippen molar-refractivity contribution in [2.75, 3.05) is 48.4 Å². The predicted octanol–water partition coefficient (Wildman–Crippen LogP) is 6.33. The fourth-order valence-electron chi connectivity index (χ4n) is 5.25. The maximum absolute atomic E-state index is 13.8. The molecular weight excluding hydrogens is 582 g/mol. The number of hydrogen-bond donors (Lipinski definition) is 2. The summed E-state index contributed by atoms with van der Waals surface area (Å²) in [5.41, 5.74) is 3.39. The number of ether oxygens (including phenoxy) is 1. The van der Waals surface area contributed by atoms with E-state index in [9.17, 15) is 19.7 Å². The third-order valence-corrected chi connectivity index (χ3v) is 7.91. The van der Waals surface area contributed by atoms with E-state index in [1.54, 1.807) is 19.2 Å². The lowest BCUT2D eigenvalue weighted by Crippen LogP contribution is -2.47. The lowest BCUT2D eigenvalue weighted by atomic mass is 10.1. The van der Waals surface area contributed by atoms with Crippen molar-refractivity contribution in [3.8, 4) is 5.75 Å². The highest BCUT2D eigenvalue weighted by atomic mass is 35.5. The molecule has 0 saturated carbocycles. The Bertz CT molecular complexity index is 1670. The molecule has 0 spiro atoms. The van der Waals surface area contributed by atoms with Gasteiger partial charge in [0, 0.05) is 49.7 Å². The highest BCUT2D eigenvalue weighted by Crippen LogP contribution is 2.32. The maximum atomic E-state index is 13.8. The zero-order chi connectivity index (χ0) is 31.2. The number of non-ortho nitro benzene ring substituents is 1. The summed E-state index contributed by atoms with van der Waals surface area (Å²) in [6.45, 7) is 4.69. The van der Waals surface area contributed by atoms with Crippen molar-refractivity contribution in [3.63, 3.8) is 0 Å². The molecule has 1 aliphatic heterocycles. The molecule has 1 saturated heterocycles. The van der Waals surface area contributed by atoms with Gasteiger partial charge < -0.3 is 25.2 Å². The van der Waals surface area contributed by atoms with E-state index in [1.807, 2.05) is 67.6 Å². The SMILES string of the molecule is COc1ccccc1N1CCN(c2ccc(NC(=O)c3ccc([N+](=O)[O-])cc3Cl)cc2C(=O)NC(C)c2ccccc2)CC1. The molecular formula is C33H32ClN5O5. The molecule has 2 amide bonds. The van der Waals surface area contributed by atoms with Gasteiger partial charge in [0.15, 0.2) is 0 Å². The Balaban J connectivity index is 1.40. The van der Waals surface area contributed by atoms with Crippen molar-refractivity contribution in [1.29, 1.82) is 0 Å². The van der Waals surface area contributed by atoms with Crippen LogP contribution in [0.3, 0.4) is 0 Å². The van der Waals surface area contributed by atoms with Gasteiger partial charge in [-0.05, 0) is 48.9 Å². The van der Waals surface area contributed by atoms with Crippen LogP contribution in [0, 0.1) is 10.1 Å². The minimum Gasteiger partial charge on any atom is -0.495 e. The number of halogens is 1. The van der Waals surface area contributed by atoms with Crippen molar-refractivity contribution in [2.24, 2.45) is 0 Å². The molecule has 2 N–H and O–H groups in total. The zero-order valence-corrected chi connectivity index (χ0v) is 25.1. The Hall–Kier alpha value is -5.09. The molecule has 4 aromatic rings. The van der Waals surface area contributed by atoms with Gasteiger partial charge in [-0.3, -0.25) is 19.7 Å². The lowest BCUT2D eigenvalue weighted by Gasteiger charge is -2.38. The molecule has 0 aliphatic carbocycles. The Morgan fingerprint density at radius 3 is 2.16 bits per heavy atom. The van der Waals surface area contributed by atoms with E-state index in [4.69, 9.17) is 16.3 Å². The van der Waals surface area contributed by atoms with Gasteiger partial charge in [-0.1, -0.05) is 54.1 Å². The van der Waals surface area contributed by atoms with Gasteiger partial charge in [-0.2, -0.15) is 0 Å². The highest BCUT2D eigenvalue weighted by molar-refractivity contribution is 6.34. The van der Waals surface area contributed by atoms with Crippen LogP contribution in [0.5, 0.6) is 5.75 Å². The molecule has 226 valence electrons. The average Bonchev–Trinajstić information content (AvgIpc) is 3.05. The van der Waals surface area contributed by atoms with Crippen molar-refractivity contribution in [3.05, 3.63) is 123 Å². The van der Waals surface area contributed by atoms with Crippen LogP contribution in [0.25, 0.3) is 0 Å². The summed E-state index contributed by atoms with van der Waals surface area (Å²) in [6.07, 6.45) is 0. The number of amides is 2. The Kier molecular flexibility index (Phi) is 9.30. The molecule has 5 rings (SSSR count). The first-order valence-electron chi connectivity index (χ1n) is 14.1. The van der Waals surface area contributed by atoms with E-state index in [1.165, 1.54) is 12.1 Å². The van der Waals surface area contributed by atoms with Crippen LogP contribution >= 0.6 is 11.6 Å². The number of rotatable bonds is 9. The van der Waals surface area contributed by atoms with Crippen molar-refractivity contribution in [1.82, 2.24) is 5.32 Å². The molecule has 0 bridgehead atoms. The summed E-state index contributed by atoms with van der Waals surface area (Å²) < 4.78 is 5.55. The second-order valence-electron chi connectivity index (χ2n) is 10.4. The van der Waals surface area contributed by atoms with Crippen LogP contribution in [0.1, 0.15) is 39.2 Å². The fraction of sp³-hybridized carbons (Fsp3) is 0.212. The normalized spacial score (nSPS) is 13.6. The summed E-state index contributed by atoms with van der Waals surface area (Å²) in [6, 6.07) is 26.2. The monoisotopic (exact) mass is 613 g/mol. The van der Waals surface area contributed by atoms with E-state index in [-0.39, 0.29) is 28.2 Å². The number of carbonyl (C=O) groups excluding carboxylic acids is 2. The Labute approximate surface area is 260 Å². The molecule has 1 unspecified atom stereocenters. The molecule has 1 atom stereocenters. The number of carbonyl (C=O) groups is 2. The van der Waals surface area contributed by atoms with Crippen LogP contribution in [0.15, 0.2) is 91.0 Å². The second kappa shape index (κ2) is 13.5. The zero-order valence-electron chi connectivity index (χ0n) is 24.3. The number of benzene rings is 4. The van der Waals surface area contributed by atoms with Gasteiger partial charge in [0.05, 0.1) is 39.9 Å². The molecule has 1 fully saturated rings. The number of nitrogens with one attached hydrogen (secondary N) is 2. The van der Waals surface area contributed by atoms with E-state index >= 15 is 0 Å². The van der Waals surface area contributed by atoms with Crippen LogP contribution in [-0.4, -0.2) is 50.0 Å². The van der Waals surface area contributed by atoms with Crippen molar-refractivity contribution in [2.45, 2.75) is 13.0 Å². The first-order chi connectivity index (χ1) is 21.2. The van der Waals surface area contributed by atoms with Gasteiger partial charge in [0.2, 0.25) is 0 Å². The van der Waals surface area contributed by atoms with Crippen LogP contribution in [-0.2, 0) is 0 Å². The Morgan fingerprint density at radius 1 is 0.841 bits per heavy atom.